The van der Waals surface area contributed by atoms with Gasteiger partial charge in [-0.15, -0.1) is 0 Å². The third-order valence-electron chi connectivity index (χ3n) is 2.58. The predicted octanol–water partition coefficient (Wildman–Crippen LogP) is -1.41. The quantitative estimate of drug-likeness (QED) is 0.357. The number of carboxylic acids is 1. The number of carbonyl (C=O) groups excluding carboxylic acids is 2. The van der Waals surface area contributed by atoms with Crippen LogP contribution in [-0.2, 0) is 28.6 Å². The molecule has 17 heavy (non-hydrogen) atoms. The number of carboxylic acid groups (broad SMARTS) is 1. The highest BCUT2D eigenvalue weighted by Gasteiger charge is 2.59. The Kier molecular flexibility index (Phi) is 2.55. The summed E-state index contributed by atoms with van der Waals surface area (Å²) in [6, 6.07) is 0. The minimum absolute atomic E-state index is 0.246. The molecule has 1 atom stereocenters. The van der Waals surface area contributed by atoms with Gasteiger partial charge in [0.2, 0.25) is 11.4 Å². The molecule has 2 saturated heterocycles. The van der Waals surface area contributed by atoms with Gasteiger partial charge >= 0.3 is 17.9 Å². The maximum absolute atomic E-state index is 11.7. The molecule has 2 heterocycles. The van der Waals surface area contributed by atoms with Gasteiger partial charge in [0.25, 0.3) is 0 Å². The van der Waals surface area contributed by atoms with E-state index in [4.69, 9.17) is 19.3 Å². The zero-order valence-electron chi connectivity index (χ0n) is 9.02. The number of β-lactam (4-membered cyclic amide) rings is 1. The maximum Gasteiger partial charge on any atom is 0.348 e. The van der Waals surface area contributed by atoms with Crippen LogP contribution in [0.25, 0.3) is 0 Å². The van der Waals surface area contributed by atoms with Gasteiger partial charge in [-0.1, -0.05) is 0 Å². The summed E-state index contributed by atoms with van der Waals surface area (Å²) in [5, 5.41) is 11.0. The fraction of sp³-hybridized carbons (Fsp3) is 0.667. The van der Waals surface area contributed by atoms with Crippen LogP contribution in [0.3, 0.4) is 0 Å². The van der Waals surface area contributed by atoms with Gasteiger partial charge in [0.1, 0.15) is 0 Å². The van der Waals surface area contributed by atoms with Crippen LogP contribution in [0.5, 0.6) is 0 Å². The van der Waals surface area contributed by atoms with Crippen LogP contribution in [0.4, 0.5) is 0 Å². The van der Waals surface area contributed by atoms with Crippen LogP contribution in [0.1, 0.15) is 13.3 Å². The van der Waals surface area contributed by atoms with E-state index in [1.165, 1.54) is 6.92 Å². The van der Waals surface area contributed by atoms with Crippen LogP contribution in [-0.4, -0.2) is 47.7 Å². The van der Waals surface area contributed by atoms with Crippen LogP contribution in [0.2, 0.25) is 0 Å². The van der Waals surface area contributed by atoms with Gasteiger partial charge in [0, 0.05) is 6.92 Å². The minimum Gasteiger partial charge on any atom is -0.479 e. The van der Waals surface area contributed by atoms with Crippen LogP contribution in [0.15, 0.2) is 0 Å². The second-order valence-electron chi connectivity index (χ2n) is 3.88. The molecule has 2 aliphatic rings. The van der Waals surface area contributed by atoms with Crippen molar-refractivity contribution in [2.45, 2.75) is 24.9 Å². The Morgan fingerprint density at radius 2 is 1.94 bits per heavy atom. The molecular formula is C9H11NO7. The normalized spacial score (nSPS) is 30.3. The fourth-order valence-electron chi connectivity index (χ4n) is 1.61. The maximum atomic E-state index is 11.7. The Hall–Kier alpha value is -1.67. The summed E-state index contributed by atoms with van der Waals surface area (Å²) in [5.74, 6) is -4.68. The number of ether oxygens (including phenoxy) is 3. The van der Waals surface area contributed by atoms with E-state index in [-0.39, 0.29) is 13.2 Å². The Labute approximate surface area is 95.8 Å². The van der Waals surface area contributed by atoms with Gasteiger partial charge in [0.05, 0.1) is 19.6 Å². The van der Waals surface area contributed by atoms with Crippen molar-refractivity contribution in [2.24, 2.45) is 0 Å². The first-order valence-corrected chi connectivity index (χ1v) is 4.94. The first-order chi connectivity index (χ1) is 7.88. The second-order valence-corrected chi connectivity index (χ2v) is 3.88. The molecule has 2 fully saturated rings. The molecule has 2 N–H and O–H groups in total. The SMILES string of the molecule is CC1(OC(=O)C2(C(=O)O)CC(=O)N2)OCCO1. The molecule has 1 amide bonds. The van der Waals surface area contributed by atoms with E-state index in [2.05, 4.69) is 0 Å². The van der Waals surface area contributed by atoms with Crippen LogP contribution in [0, 0.1) is 0 Å². The van der Waals surface area contributed by atoms with Crippen molar-refractivity contribution in [2.75, 3.05) is 13.2 Å². The zero-order valence-corrected chi connectivity index (χ0v) is 9.02. The molecule has 0 aromatic carbocycles. The van der Waals surface area contributed by atoms with Gasteiger partial charge in [-0.05, 0) is 0 Å². The monoisotopic (exact) mass is 245 g/mol. The van der Waals surface area contributed by atoms with E-state index >= 15 is 0 Å². The van der Waals surface area contributed by atoms with Crippen molar-refractivity contribution in [3.8, 4) is 0 Å². The van der Waals surface area contributed by atoms with E-state index < -0.39 is 35.8 Å². The minimum atomic E-state index is -2.02. The summed E-state index contributed by atoms with van der Waals surface area (Å²) < 4.78 is 14.9. The molecule has 0 aliphatic carbocycles. The molecule has 8 heteroatoms. The standard InChI is InChI=1S/C9H11NO7/c1-8(15-2-3-16-8)17-7(14)9(6(12)13)4-5(11)10-9/h2-4H2,1H3,(H,10,11)(H,12,13). The van der Waals surface area contributed by atoms with Gasteiger partial charge in [-0.3, -0.25) is 4.79 Å². The lowest BCUT2D eigenvalue weighted by Crippen LogP contribution is -2.71. The van der Waals surface area contributed by atoms with Gasteiger partial charge in [0.15, 0.2) is 0 Å². The van der Waals surface area contributed by atoms with Crippen molar-refractivity contribution < 1.29 is 33.7 Å². The second kappa shape index (κ2) is 3.67. The molecule has 0 saturated carbocycles. The average molecular weight is 245 g/mol. The molecule has 0 bridgehead atoms. The largest absolute Gasteiger partial charge is 0.479 e. The third-order valence-corrected chi connectivity index (χ3v) is 2.58. The topological polar surface area (TPSA) is 111 Å². The van der Waals surface area contributed by atoms with E-state index in [0.717, 1.165) is 0 Å². The number of rotatable bonds is 3. The zero-order chi connectivity index (χ0) is 12.7. The van der Waals surface area contributed by atoms with Gasteiger partial charge in [-0.25, -0.2) is 9.59 Å². The number of carbonyl (C=O) groups is 3. The number of aliphatic carboxylic acids is 1. The fourth-order valence-corrected chi connectivity index (χ4v) is 1.61. The van der Waals surface area contributed by atoms with Gasteiger partial charge < -0.3 is 24.6 Å². The lowest BCUT2D eigenvalue weighted by molar-refractivity contribution is -0.305. The number of esters is 1. The van der Waals surface area contributed by atoms with E-state index in [1.54, 1.807) is 0 Å². The molecule has 2 rings (SSSR count). The third kappa shape index (κ3) is 1.85. The summed E-state index contributed by atoms with van der Waals surface area (Å²) in [5.41, 5.74) is -2.02. The van der Waals surface area contributed by atoms with Crippen molar-refractivity contribution >= 4 is 17.8 Å². The average Bonchev–Trinajstić information content (AvgIpc) is 2.58. The molecule has 94 valence electrons. The summed E-state index contributed by atoms with van der Waals surface area (Å²) in [6.45, 7) is 1.85. The van der Waals surface area contributed by atoms with Crippen LogP contribution >= 0.6 is 0 Å². The number of hydrogen-bond donors (Lipinski definition) is 2. The first-order valence-electron chi connectivity index (χ1n) is 4.94. The van der Waals surface area contributed by atoms with Crippen molar-refractivity contribution in [1.29, 1.82) is 0 Å². The summed E-state index contributed by atoms with van der Waals surface area (Å²) in [4.78, 5) is 33.5. The van der Waals surface area contributed by atoms with E-state index in [0.29, 0.717) is 0 Å². The Bertz CT molecular complexity index is 377. The van der Waals surface area contributed by atoms with Crippen LogP contribution < -0.4 is 5.32 Å². The summed E-state index contributed by atoms with van der Waals surface area (Å²) >= 11 is 0. The number of hydrogen-bond acceptors (Lipinski definition) is 6. The van der Waals surface area contributed by atoms with E-state index in [1.807, 2.05) is 5.32 Å². The van der Waals surface area contributed by atoms with E-state index in [9.17, 15) is 14.4 Å². The highest BCUT2D eigenvalue weighted by molar-refractivity contribution is 6.14. The lowest BCUT2D eigenvalue weighted by Gasteiger charge is -2.37. The molecule has 0 radical (unpaired) electrons. The molecule has 0 aromatic heterocycles. The Morgan fingerprint density at radius 3 is 2.35 bits per heavy atom. The lowest BCUT2D eigenvalue weighted by atomic mass is 9.87. The highest BCUT2D eigenvalue weighted by Crippen LogP contribution is 2.27. The summed E-state index contributed by atoms with van der Waals surface area (Å²) in [7, 11) is 0. The summed E-state index contributed by atoms with van der Waals surface area (Å²) in [6.07, 6.45) is -0.447. The van der Waals surface area contributed by atoms with Gasteiger partial charge in [-0.2, -0.15) is 0 Å². The number of amides is 1. The predicted molar refractivity (Wildman–Crippen MR) is 49.5 cm³/mol. The molecule has 8 nitrogen and oxygen atoms in total. The smallest absolute Gasteiger partial charge is 0.348 e. The Morgan fingerprint density at radius 1 is 1.41 bits per heavy atom. The molecule has 2 aliphatic heterocycles. The molecule has 0 spiro atoms. The highest BCUT2D eigenvalue weighted by atomic mass is 16.9. The Balaban J connectivity index is 2.08. The number of nitrogens with one attached hydrogen (secondary N) is 1. The first kappa shape index (κ1) is 11.8. The molecule has 0 aromatic rings. The molecule has 1 unspecified atom stereocenters. The van der Waals surface area contributed by atoms with Crippen molar-refractivity contribution in [3.05, 3.63) is 0 Å². The molecular weight excluding hydrogens is 234 g/mol. The van der Waals surface area contributed by atoms with Crippen molar-refractivity contribution in [1.82, 2.24) is 5.32 Å². The van der Waals surface area contributed by atoms with Crippen molar-refractivity contribution in [3.63, 3.8) is 0 Å².